The average Bonchev–Trinajstić information content (AvgIpc) is 3.18. The van der Waals surface area contributed by atoms with Gasteiger partial charge in [-0.25, -0.2) is 4.79 Å². The van der Waals surface area contributed by atoms with Gasteiger partial charge in [0.1, 0.15) is 5.84 Å². The van der Waals surface area contributed by atoms with Crippen LogP contribution in [-0.4, -0.2) is 59.9 Å². The Hall–Kier alpha value is -2.98. The zero-order valence-electron chi connectivity index (χ0n) is 16.8. The summed E-state index contributed by atoms with van der Waals surface area (Å²) in [6.45, 7) is 0.820. The third kappa shape index (κ3) is 6.82. The molecule has 0 spiro atoms. The van der Waals surface area contributed by atoms with E-state index in [4.69, 9.17) is 16.9 Å². The Morgan fingerprint density at radius 3 is 2.70 bits per heavy atom. The molecule has 9 N–H and O–H groups in total. The summed E-state index contributed by atoms with van der Waals surface area (Å²) in [5, 5.41) is 25.1. The van der Waals surface area contributed by atoms with Crippen molar-refractivity contribution < 1.29 is 19.5 Å². The molecule has 1 aliphatic carbocycles. The second-order valence-electron chi connectivity index (χ2n) is 7.30. The minimum Gasteiger partial charge on any atom is -0.479 e. The lowest BCUT2D eigenvalue weighted by Crippen LogP contribution is -2.44. The van der Waals surface area contributed by atoms with Gasteiger partial charge in [0.2, 0.25) is 11.8 Å². The van der Waals surface area contributed by atoms with Crippen molar-refractivity contribution in [2.45, 2.75) is 50.2 Å². The predicted octanol–water partition coefficient (Wildman–Crippen LogP) is -0.720. The molecule has 0 saturated heterocycles. The second kappa shape index (κ2) is 11.3. The minimum atomic E-state index is -1.11. The van der Waals surface area contributed by atoms with Gasteiger partial charge in [-0.15, -0.1) is 0 Å². The van der Waals surface area contributed by atoms with E-state index in [-0.39, 0.29) is 37.2 Å². The molecule has 0 bridgehead atoms. The minimum absolute atomic E-state index is 0.0171. The monoisotopic (exact) mass is 418 g/mol. The number of allylic oxidation sites excluding steroid dienone is 2. The Kier molecular flexibility index (Phi) is 8.75. The highest BCUT2D eigenvalue weighted by Crippen LogP contribution is 2.15. The molecule has 30 heavy (non-hydrogen) atoms. The molecule has 164 valence electrons. The molecule has 10 nitrogen and oxygen atoms in total. The molecule has 3 atom stereocenters. The highest BCUT2D eigenvalue weighted by Gasteiger charge is 2.26. The summed E-state index contributed by atoms with van der Waals surface area (Å²) in [5.41, 5.74) is 12.8. The van der Waals surface area contributed by atoms with Crippen molar-refractivity contribution in [3.8, 4) is 0 Å². The summed E-state index contributed by atoms with van der Waals surface area (Å²) in [5.74, 6) is -1.88. The number of carboxylic acids is 1. The normalized spacial score (nSPS) is 20.0. The fourth-order valence-electron chi connectivity index (χ4n) is 3.37. The van der Waals surface area contributed by atoms with Crippen molar-refractivity contribution >= 4 is 23.6 Å². The van der Waals surface area contributed by atoms with Crippen molar-refractivity contribution in [1.82, 2.24) is 16.0 Å². The summed E-state index contributed by atoms with van der Waals surface area (Å²) < 4.78 is 0. The molecule has 2 rings (SSSR count). The third-order valence-electron chi connectivity index (χ3n) is 4.95. The number of amides is 2. The predicted molar refractivity (Wildman–Crippen MR) is 113 cm³/mol. The van der Waals surface area contributed by atoms with Gasteiger partial charge in [0.05, 0.1) is 12.1 Å². The maximum absolute atomic E-state index is 12.2. The van der Waals surface area contributed by atoms with E-state index < -0.39 is 24.0 Å². The van der Waals surface area contributed by atoms with Crippen LogP contribution in [0, 0.1) is 5.41 Å². The fourth-order valence-corrected chi connectivity index (χ4v) is 3.37. The third-order valence-corrected chi connectivity index (χ3v) is 4.95. The first-order valence-electron chi connectivity index (χ1n) is 9.98. The Labute approximate surface area is 175 Å². The topological polar surface area (TPSA) is 183 Å². The van der Waals surface area contributed by atoms with Crippen LogP contribution in [0.15, 0.2) is 35.5 Å². The molecule has 1 aliphatic heterocycles. The van der Waals surface area contributed by atoms with Gasteiger partial charge in [-0.05, 0) is 36.8 Å². The molecule has 0 aromatic rings. The number of amidine groups is 1. The van der Waals surface area contributed by atoms with Crippen LogP contribution < -0.4 is 27.4 Å². The number of nitrogens with one attached hydrogen (secondary N) is 4. The molecule has 2 amide bonds. The Morgan fingerprint density at radius 1 is 1.30 bits per heavy atom. The van der Waals surface area contributed by atoms with Crippen LogP contribution >= 0.6 is 0 Å². The van der Waals surface area contributed by atoms with Crippen LogP contribution in [-0.2, 0) is 14.4 Å². The first-order chi connectivity index (χ1) is 14.3. The number of hydrogen-bond acceptors (Lipinski definition) is 6. The summed E-state index contributed by atoms with van der Waals surface area (Å²) in [6, 6.07) is -2.24. The summed E-state index contributed by atoms with van der Waals surface area (Å²) >= 11 is 0. The highest BCUT2D eigenvalue weighted by molar-refractivity contribution is 5.88. The van der Waals surface area contributed by atoms with E-state index in [0.717, 1.165) is 18.4 Å². The Morgan fingerprint density at radius 2 is 2.07 bits per heavy atom. The van der Waals surface area contributed by atoms with E-state index in [1.54, 1.807) is 6.08 Å². The first kappa shape index (κ1) is 23.3. The van der Waals surface area contributed by atoms with E-state index in [1.807, 2.05) is 18.2 Å². The maximum Gasteiger partial charge on any atom is 0.330 e. The number of carbonyl (C=O) groups excluding carboxylic acids is 2. The van der Waals surface area contributed by atoms with Crippen molar-refractivity contribution in [3.05, 3.63) is 35.5 Å². The largest absolute Gasteiger partial charge is 0.479 e. The maximum atomic E-state index is 12.2. The van der Waals surface area contributed by atoms with E-state index in [1.165, 1.54) is 0 Å². The van der Waals surface area contributed by atoms with Crippen LogP contribution in [0.1, 0.15) is 32.1 Å². The van der Waals surface area contributed by atoms with Crippen LogP contribution in [0.25, 0.3) is 0 Å². The van der Waals surface area contributed by atoms with Gasteiger partial charge in [-0.3, -0.25) is 15.0 Å². The Balaban J connectivity index is 1.70. The SMILES string of the molecule is N=C(N)C1NCC=C1CC(N)C(=O)NCCCC(=O)NC(C(=O)O)C1=CCCC=C1. The smallest absolute Gasteiger partial charge is 0.330 e. The number of hydrogen-bond donors (Lipinski definition) is 7. The van der Waals surface area contributed by atoms with Gasteiger partial charge >= 0.3 is 5.97 Å². The summed E-state index contributed by atoms with van der Waals surface area (Å²) in [7, 11) is 0. The molecule has 1 heterocycles. The summed E-state index contributed by atoms with van der Waals surface area (Å²) in [4.78, 5) is 35.7. The van der Waals surface area contributed by atoms with E-state index >= 15 is 0 Å². The number of rotatable bonds is 11. The molecular formula is C20H30N6O4. The number of carboxylic acid groups (broad SMARTS) is 1. The zero-order valence-corrected chi connectivity index (χ0v) is 16.8. The standard InChI is InChI=1S/C20H30N6O4/c21-14(11-13-8-10-24-16(13)18(22)23)19(28)25-9-4-7-15(27)26-17(20(29)30)12-5-2-1-3-6-12/h2,5-6,8,14,16-17,24H,1,3-4,7,9-11,21H2,(H3,22,23)(H,25,28)(H,26,27)(H,29,30). The van der Waals surface area contributed by atoms with Crippen molar-refractivity contribution in [2.75, 3.05) is 13.1 Å². The molecule has 0 fully saturated rings. The first-order valence-corrected chi connectivity index (χ1v) is 9.98. The van der Waals surface area contributed by atoms with E-state index in [2.05, 4.69) is 16.0 Å². The van der Waals surface area contributed by atoms with Gasteiger partial charge in [0, 0.05) is 19.5 Å². The lowest BCUT2D eigenvalue weighted by molar-refractivity contribution is -0.140. The van der Waals surface area contributed by atoms with Crippen molar-refractivity contribution in [3.63, 3.8) is 0 Å². The van der Waals surface area contributed by atoms with Gasteiger partial charge < -0.3 is 32.5 Å². The molecule has 0 saturated carbocycles. The number of nitrogens with two attached hydrogens (primary N) is 2. The molecule has 0 radical (unpaired) electrons. The second-order valence-corrected chi connectivity index (χ2v) is 7.30. The van der Waals surface area contributed by atoms with Crippen LogP contribution in [0.5, 0.6) is 0 Å². The van der Waals surface area contributed by atoms with Crippen molar-refractivity contribution in [1.29, 1.82) is 5.41 Å². The van der Waals surface area contributed by atoms with Crippen LogP contribution in [0.4, 0.5) is 0 Å². The van der Waals surface area contributed by atoms with Gasteiger partial charge in [-0.1, -0.05) is 24.3 Å². The number of aliphatic carboxylic acids is 1. The highest BCUT2D eigenvalue weighted by atomic mass is 16.4. The van der Waals surface area contributed by atoms with Crippen molar-refractivity contribution in [2.24, 2.45) is 11.5 Å². The van der Waals surface area contributed by atoms with Crippen LogP contribution in [0.2, 0.25) is 0 Å². The number of carbonyl (C=O) groups is 3. The lowest BCUT2D eigenvalue weighted by Gasteiger charge is -2.18. The van der Waals surface area contributed by atoms with E-state index in [0.29, 0.717) is 18.5 Å². The van der Waals surface area contributed by atoms with Crippen LogP contribution in [0.3, 0.4) is 0 Å². The fraction of sp³-hybridized carbons (Fsp3) is 0.500. The molecule has 0 aromatic heterocycles. The molecule has 2 aliphatic rings. The average molecular weight is 418 g/mol. The molecule has 0 aromatic carbocycles. The zero-order chi connectivity index (χ0) is 22.1. The molecular weight excluding hydrogens is 388 g/mol. The Bertz CT molecular complexity index is 773. The summed E-state index contributed by atoms with van der Waals surface area (Å²) in [6.07, 6.45) is 9.61. The van der Waals surface area contributed by atoms with Gasteiger partial charge in [-0.2, -0.15) is 0 Å². The quantitative estimate of drug-likeness (QED) is 0.0999. The van der Waals surface area contributed by atoms with E-state index in [9.17, 15) is 19.5 Å². The molecule has 10 heteroatoms. The van der Waals surface area contributed by atoms with Gasteiger partial charge in [0.25, 0.3) is 0 Å². The molecule has 3 unspecified atom stereocenters. The lowest BCUT2D eigenvalue weighted by atomic mass is 10.00. The van der Waals surface area contributed by atoms with Gasteiger partial charge in [0.15, 0.2) is 6.04 Å².